The van der Waals surface area contributed by atoms with Crippen molar-refractivity contribution in [2.24, 2.45) is 0 Å². The van der Waals surface area contributed by atoms with Gasteiger partial charge < -0.3 is 19.9 Å². The molecular formula is C16H21NO6. The lowest BCUT2D eigenvalue weighted by Crippen LogP contribution is -2.43. The van der Waals surface area contributed by atoms with Gasteiger partial charge in [0.1, 0.15) is 5.75 Å². The van der Waals surface area contributed by atoms with Crippen LogP contribution in [0, 0.1) is 0 Å². The van der Waals surface area contributed by atoms with Crippen LogP contribution in [0.2, 0.25) is 0 Å². The van der Waals surface area contributed by atoms with Crippen LogP contribution >= 0.6 is 0 Å². The van der Waals surface area contributed by atoms with E-state index in [4.69, 9.17) is 14.6 Å². The molecule has 7 nitrogen and oxygen atoms in total. The van der Waals surface area contributed by atoms with Crippen LogP contribution in [0.5, 0.6) is 5.75 Å². The lowest BCUT2D eigenvalue weighted by atomic mass is 10.1. The summed E-state index contributed by atoms with van der Waals surface area (Å²) in [6.07, 6.45) is 0.565. The summed E-state index contributed by atoms with van der Waals surface area (Å²) in [5.41, 5.74) is 0.559. The molecule has 126 valence electrons. The van der Waals surface area contributed by atoms with Crippen LogP contribution in [-0.4, -0.2) is 49.1 Å². The van der Waals surface area contributed by atoms with E-state index in [2.05, 4.69) is 5.32 Å². The van der Waals surface area contributed by atoms with E-state index < -0.39 is 12.0 Å². The molecule has 7 heteroatoms. The van der Waals surface area contributed by atoms with Gasteiger partial charge in [0.15, 0.2) is 11.8 Å². The molecule has 1 atom stereocenters. The molecule has 23 heavy (non-hydrogen) atoms. The average molecular weight is 323 g/mol. The van der Waals surface area contributed by atoms with Crippen molar-refractivity contribution in [1.29, 1.82) is 0 Å². The SMILES string of the molecule is COCC(NC(=O)CCCOc1cccc(C(C)=O)c1)C(=O)O. The zero-order valence-corrected chi connectivity index (χ0v) is 13.2. The molecular weight excluding hydrogens is 302 g/mol. The highest BCUT2D eigenvalue weighted by molar-refractivity contribution is 5.94. The van der Waals surface area contributed by atoms with E-state index in [9.17, 15) is 14.4 Å². The van der Waals surface area contributed by atoms with Crippen LogP contribution in [0.3, 0.4) is 0 Å². The number of carbonyl (C=O) groups excluding carboxylic acids is 2. The third-order valence-electron chi connectivity index (χ3n) is 3.02. The van der Waals surface area contributed by atoms with Gasteiger partial charge in [0.2, 0.25) is 5.91 Å². The Bertz CT molecular complexity index is 557. The topological polar surface area (TPSA) is 102 Å². The minimum atomic E-state index is -1.14. The Labute approximate surface area is 134 Å². The molecule has 0 saturated heterocycles. The summed E-state index contributed by atoms with van der Waals surface area (Å²) in [5, 5.41) is 11.3. The monoisotopic (exact) mass is 323 g/mol. The van der Waals surface area contributed by atoms with Gasteiger partial charge in [-0.1, -0.05) is 12.1 Å². The predicted octanol–water partition coefficient (Wildman–Crippen LogP) is 1.26. The van der Waals surface area contributed by atoms with Crippen molar-refractivity contribution in [3.05, 3.63) is 29.8 Å². The van der Waals surface area contributed by atoms with E-state index in [0.717, 1.165) is 0 Å². The number of amides is 1. The predicted molar refractivity (Wildman–Crippen MR) is 82.6 cm³/mol. The fraction of sp³-hybridized carbons (Fsp3) is 0.438. The molecule has 0 spiro atoms. The molecule has 0 aliphatic heterocycles. The van der Waals surface area contributed by atoms with Gasteiger partial charge in [0, 0.05) is 19.1 Å². The number of methoxy groups -OCH3 is 1. The second-order valence-electron chi connectivity index (χ2n) is 4.95. The number of ether oxygens (including phenoxy) is 2. The van der Waals surface area contributed by atoms with Gasteiger partial charge in [-0.05, 0) is 25.5 Å². The standard InChI is InChI=1S/C16H21NO6/c1-11(18)12-5-3-6-13(9-12)23-8-4-7-15(19)17-14(10-22-2)16(20)21/h3,5-6,9,14H,4,7-8,10H2,1-2H3,(H,17,19)(H,20,21). The fourth-order valence-electron chi connectivity index (χ4n) is 1.84. The first-order valence-corrected chi connectivity index (χ1v) is 7.19. The van der Waals surface area contributed by atoms with Crippen LogP contribution < -0.4 is 10.1 Å². The molecule has 0 fully saturated rings. The zero-order valence-electron chi connectivity index (χ0n) is 13.2. The highest BCUT2D eigenvalue weighted by Gasteiger charge is 2.19. The van der Waals surface area contributed by atoms with Gasteiger partial charge in [-0.3, -0.25) is 9.59 Å². The molecule has 0 bridgehead atoms. The summed E-state index contributed by atoms with van der Waals surface area (Å²) < 4.78 is 10.2. The molecule has 2 N–H and O–H groups in total. The maximum atomic E-state index is 11.7. The lowest BCUT2D eigenvalue weighted by Gasteiger charge is -2.13. The number of rotatable bonds is 10. The molecule has 0 saturated carbocycles. The summed E-state index contributed by atoms with van der Waals surface area (Å²) in [6.45, 7) is 1.68. The molecule has 0 aliphatic carbocycles. The molecule has 0 aromatic heterocycles. The molecule has 0 heterocycles. The van der Waals surface area contributed by atoms with E-state index >= 15 is 0 Å². The van der Waals surface area contributed by atoms with E-state index in [1.807, 2.05) is 0 Å². The first-order valence-electron chi connectivity index (χ1n) is 7.19. The van der Waals surface area contributed by atoms with E-state index in [-0.39, 0.29) is 31.3 Å². The zero-order chi connectivity index (χ0) is 17.2. The average Bonchev–Trinajstić information content (AvgIpc) is 2.51. The largest absolute Gasteiger partial charge is 0.494 e. The number of benzene rings is 1. The van der Waals surface area contributed by atoms with Crippen molar-refractivity contribution in [3.63, 3.8) is 0 Å². The lowest BCUT2D eigenvalue weighted by molar-refractivity contribution is -0.143. The van der Waals surface area contributed by atoms with Crippen molar-refractivity contribution in [2.45, 2.75) is 25.8 Å². The van der Waals surface area contributed by atoms with Crippen molar-refractivity contribution in [3.8, 4) is 5.75 Å². The van der Waals surface area contributed by atoms with Crippen molar-refractivity contribution in [1.82, 2.24) is 5.32 Å². The van der Waals surface area contributed by atoms with Crippen molar-refractivity contribution in [2.75, 3.05) is 20.3 Å². The molecule has 0 aliphatic rings. The van der Waals surface area contributed by atoms with Gasteiger partial charge in [0.05, 0.1) is 13.2 Å². The third kappa shape index (κ3) is 6.92. The Hall–Kier alpha value is -2.41. The highest BCUT2D eigenvalue weighted by atomic mass is 16.5. The van der Waals surface area contributed by atoms with Crippen LogP contribution in [0.25, 0.3) is 0 Å². The Kier molecular flexibility index (Phi) is 7.76. The van der Waals surface area contributed by atoms with Gasteiger partial charge >= 0.3 is 5.97 Å². The quantitative estimate of drug-likeness (QED) is 0.496. The van der Waals surface area contributed by atoms with Crippen LogP contribution in [-0.2, 0) is 14.3 Å². The summed E-state index contributed by atoms with van der Waals surface area (Å²) in [5.74, 6) is -1.01. The van der Waals surface area contributed by atoms with Gasteiger partial charge in [0.25, 0.3) is 0 Å². The van der Waals surface area contributed by atoms with E-state index in [1.54, 1.807) is 24.3 Å². The number of hydrogen-bond donors (Lipinski definition) is 2. The first kappa shape index (κ1) is 18.6. The van der Waals surface area contributed by atoms with Gasteiger partial charge in [-0.25, -0.2) is 4.79 Å². The number of ketones is 1. The number of carboxylic acids is 1. The van der Waals surface area contributed by atoms with Crippen LogP contribution in [0.4, 0.5) is 0 Å². The maximum Gasteiger partial charge on any atom is 0.328 e. The Morgan fingerprint density at radius 3 is 2.65 bits per heavy atom. The first-order chi connectivity index (χ1) is 10.9. The Balaban J connectivity index is 2.34. The van der Waals surface area contributed by atoms with E-state index in [0.29, 0.717) is 17.7 Å². The van der Waals surface area contributed by atoms with Crippen molar-refractivity contribution >= 4 is 17.7 Å². The summed E-state index contributed by atoms with van der Waals surface area (Å²) >= 11 is 0. The number of carbonyl (C=O) groups is 3. The third-order valence-corrected chi connectivity index (χ3v) is 3.02. The molecule has 0 radical (unpaired) electrons. The molecule has 1 aromatic carbocycles. The number of nitrogens with one attached hydrogen (secondary N) is 1. The molecule has 1 rings (SSSR count). The summed E-state index contributed by atoms with van der Waals surface area (Å²) in [6, 6.07) is 5.74. The Morgan fingerprint density at radius 2 is 2.04 bits per heavy atom. The molecule has 1 amide bonds. The normalized spacial score (nSPS) is 11.6. The van der Waals surface area contributed by atoms with E-state index in [1.165, 1.54) is 14.0 Å². The minimum Gasteiger partial charge on any atom is -0.494 e. The molecule has 1 aromatic rings. The highest BCUT2D eigenvalue weighted by Crippen LogP contribution is 2.14. The smallest absolute Gasteiger partial charge is 0.328 e. The second kappa shape index (κ2) is 9.58. The maximum absolute atomic E-state index is 11.7. The number of carboxylic acid groups (broad SMARTS) is 1. The number of Topliss-reactive ketones (excluding diaryl/α,β-unsaturated/α-hetero) is 1. The fourth-order valence-corrected chi connectivity index (χ4v) is 1.84. The van der Waals surface area contributed by atoms with Crippen LogP contribution in [0.15, 0.2) is 24.3 Å². The molecule has 1 unspecified atom stereocenters. The Morgan fingerprint density at radius 1 is 1.30 bits per heavy atom. The van der Waals surface area contributed by atoms with Gasteiger partial charge in [-0.15, -0.1) is 0 Å². The van der Waals surface area contributed by atoms with Crippen LogP contribution in [0.1, 0.15) is 30.1 Å². The minimum absolute atomic E-state index is 0.0484. The number of aliphatic carboxylic acids is 1. The summed E-state index contributed by atoms with van der Waals surface area (Å²) in [7, 11) is 1.37. The van der Waals surface area contributed by atoms with Crippen molar-refractivity contribution < 1.29 is 29.0 Å². The van der Waals surface area contributed by atoms with Gasteiger partial charge in [-0.2, -0.15) is 0 Å². The number of hydrogen-bond acceptors (Lipinski definition) is 5. The summed E-state index contributed by atoms with van der Waals surface area (Å²) in [4.78, 5) is 33.8. The second-order valence-corrected chi connectivity index (χ2v) is 4.95.